The summed E-state index contributed by atoms with van der Waals surface area (Å²) in [6.07, 6.45) is 0.888. The van der Waals surface area contributed by atoms with Gasteiger partial charge in [0, 0.05) is 19.2 Å². The fourth-order valence-corrected chi connectivity index (χ4v) is 4.37. The Morgan fingerprint density at radius 2 is 2.07 bits per heavy atom. The molecule has 0 spiro atoms. The van der Waals surface area contributed by atoms with E-state index in [1.165, 1.54) is 0 Å². The van der Waals surface area contributed by atoms with Crippen LogP contribution in [0.15, 0.2) is 30.3 Å². The molecular formula is C19H25ClN4O4S. The van der Waals surface area contributed by atoms with E-state index in [1.54, 1.807) is 25.3 Å². The fourth-order valence-electron chi connectivity index (χ4n) is 3.15. The van der Waals surface area contributed by atoms with Crippen LogP contribution in [0.4, 0.5) is 5.82 Å². The lowest BCUT2D eigenvalue weighted by Gasteiger charge is -2.36. The van der Waals surface area contributed by atoms with E-state index >= 15 is 0 Å². The van der Waals surface area contributed by atoms with Crippen molar-refractivity contribution in [2.75, 3.05) is 31.8 Å². The average Bonchev–Trinajstić information content (AvgIpc) is 2.72. The number of ether oxygens (including phenoxy) is 2. The van der Waals surface area contributed by atoms with Gasteiger partial charge in [-0.25, -0.2) is 23.1 Å². The third kappa shape index (κ3) is 6.02. The zero-order valence-corrected chi connectivity index (χ0v) is 18.0. The maximum Gasteiger partial charge on any atom is 0.224 e. The number of hydrogen-bond donors (Lipinski definition) is 1. The molecule has 1 aliphatic heterocycles. The molecule has 29 heavy (non-hydrogen) atoms. The molecule has 1 aromatic heterocycles. The summed E-state index contributed by atoms with van der Waals surface area (Å²) < 4.78 is 38.3. The minimum atomic E-state index is -3.61. The van der Waals surface area contributed by atoms with Crippen LogP contribution in [0.5, 0.6) is 5.75 Å². The van der Waals surface area contributed by atoms with E-state index in [2.05, 4.69) is 26.5 Å². The molecule has 1 unspecified atom stereocenters. The standard InChI is InChI=1S/C19H25ClN4O4S/c1-3-16-12-28-9-8-24(16)18-10-15(22-19(20)23-18)13-29(25,26)21-11-14-4-6-17(27-2)7-5-14/h4-7,10,16,21H,3,8-9,11-13H2,1-2H3. The Hall–Kier alpha value is -1.94. The first kappa shape index (κ1) is 21.8. The first-order valence-corrected chi connectivity index (χ1v) is 11.4. The molecule has 8 nitrogen and oxygen atoms in total. The molecule has 1 atom stereocenters. The molecule has 158 valence electrons. The van der Waals surface area contributed by atoms with Gasteiger partial charge in [0.2, 0.25) is 15.3 Å². The highest BCUT2D eigenvalue weighted by atomic mass is 35.5. The van der Waals surface area contributed by atoms with Gasteiger partial charge in [-0.3, -0.25) is 0 Å². The van der Waals surface area contributed by atoms with Crippen molar-refractivity contribution in [1.82, 2.24) is 14.7 Å². The Morgan fingerprint density at radius 1 is 1.31 bits per heavy atom. The number of methoxy groups -OCH3 is 1. The summed E-state index contributed by atoms with van der Waals surface area (Å²) in [6, 6.07) is 9.05. The highest BCUT2D eigenvalue weighted by molar-refractivity contribution is 7.88. The maximum atomic E-state index is 12.5. The number of nitrogens with one attached hydrogen (secondary N) is 1. The van der Waals surface area contributed by atoms with Gasteiger partial charge in [-0.2, -0.15) is 0 Å². The molecule has 0 aliphatic carbocycles. The highest BCUT2D eigenvalue weighted by Crippen LogP contribution is 2.22. The molecular weight excluding hydrogens is 416 g/mol. The van der Waals surface area contributed by atoms with Crippen LogP contribution in [0.1, 0.15) is 24.6 Å². The van der Waals surface area contributed by atoms with Gasteiger partial charge in [0.25, 0.3) is 0 Å². The van der Waals surface area contributed by atoms with Gasteiger partial charge >= 0.3 is 0 Å². The topological polar surface area (TPSA) is 93.7 Å². The third-order valence-electron chi connectivity index (χ3n) is 4.72. The molecule has 0 radical (unpaired) electrons. The molecule has 1 aliphatic rings. The number of benzene rings is 1. The van der Waals surface area contributed by atoms with E-state index in [9.17, 15) is 8.42 Å². The molecule has 1 fully saturated rings. The number of anilines is 1. The van der Waals surface area contributed by atoms with Crippen molar-refractivity contribution in [2.45, 2.75) is 31.7 Å². The lowest BCUT2D eigenvalue weighted by atomic mass is 10.2. The summed E-state index contributed by atoms with van der Waals surface area (Å²) in [4.78, 5) is 10.5. The predicted octanol–water partition coefficient (Wildman–Crippen LogP) is 2.37. The summed E-state index contributed by atoms with van der Waals surface area (Å²) in [5, 5.41) is 0.0317. The van der Waals surface area contributed by atoms with Crippen LogP contribution in [0, 0.1) is 0 Å². The Kier molecular flexibility index (Phi) is 7.28. The molecule has 0 saturated carbocycles. The molecule has 10 heteroatoms. The van der Waals surface area contributed by atoms with E-state index in [1.807, 2.05) is 12.1 Å². The number of morpholine rings is 1. The van der Waals surface area contributed by atoms with Crippen molar-refractivity contribution in [3.63, 3.8) is 0 Å². The number of rotatable bonds is 8. The minimum Gasteiger partial charge on any atom is -0.497 e. The van der Waals surface area contributed by atoms with Crippen molar-refractivity contribution in [3.8, 4) is 5.75 Å². The van der Waals surface area contributed by atoms with Crippen molar-refractivity contribution < 1.29 is 17.9 Å². The average molecular weight is 441 g/mol. The third-order valence-corrected chi connectivity index (χ3v) is 6.15. The van der Waals surface area contributed by atoms with Gasteiger partial charge in [-0.15, -0.1) is 0 Å². The van der Waals surface area contributed by atoms with Gasteiger partial charge in [-0.1, -0.05) is 19.1 Å². The second-order valence-corrected chi connectivity index (χ2v) is 8.89. The van der Waals surface area contributed by atoms with Crippen LogP contribution in [0.25, 0.3) is 0 Å². The number of sulfonamides is 1. The summed E-state index contributed by atoms with van der Waals surface area (Å²) in [7, 11) is -2.02. The number of hydrogen-bond acceptors (Lipinski definition) is 7. The van der Waals surface area contributed by atoms with Crippen molar-refractivity contribution in [1.29, 1.82) is 0 Å². The molecule has 1 aromatic carbocycles. The predicted molar refractivity (Wildman–Crippen MR) is 112 cm³/mol. The second kappa shape index (κ2) is 9.71. The van der Waals surface area contributed by atoms with E-state index in [0.29, 0.717) is 37.0 Å². The number of halogens is 1. The van der Waals surface area contributed by atoms with Gasteiger partial charge in [0.05, 0.1) is 32.1 Å². The summed E-state index contributed by atoms with van der Waals surface area (Å²) in [5.74, 6) is 1.06. The molecule has 0 bridgehead atoms. The molecule has 2 heterocycles. The summed E-state index contributed by atoms with van der Waals surface area (Å²) >= 11 is 6.08. The van der Waals surface area contributed by atoms with Crippen LogP contribution >= 0.6 is 11.6 Å². The van der Waals surface area contributed by atoms with Crippen LogP contribution in [0.3, 0.4) is 0 Å². The molecule has 1 N–H and O–H groups in total. The van der Waals surface area contributed by atoms with Crippen LogP contribution in [0.2, 0.25) is 5.28 Å². The van der Waals surface area contributed by atoms with Gasteiger partial charge in [0.1, 0.15) is 17.3 Å². The van der Waals surface area contributed by atoms with E-state index in [-0.39, 0.29) is 23.6 Å². The Balaban J connectivity index is 1.70. The quantitative estimate of drug-likeness (QED) is 0.630. The zero-order chi connectivity index (χ0) is 20.9. The largest absolute Gasteiger partial charge is 0.497 e. The first-order valence-electron chi connectivity index (χ1n) is 9.38. The Morgan fingerprint density at radius 3 is 2.76 bits per heavy atom. The molecule has 0 amide bonds. The monoisotopic (exact) mass is 440 g/mol. The highest BCUT2D eigenvalue weighted by Gasteiger charge is 2.24. The van der Waals surface area contributed by atoms with Crippen molar-refractivity contribution in [2.24, 2.45) is 0 Å². The summed E-state index contributed by atoms with van der Waals surface area (Å²) in [6.45, 7) is 4.13. The normalized spacial score (nSPS) is 17.3. The zero-order valence-electron chi connectivity index (χ0n) is 16.5. The smallest absolute Gasteiger partial charge is 0.224 e. The van der Waals surface area contributed by atoms with Gasteiger partial charge in [-0.05, 0) is 35.7 Å². The van der Waals surface area contributed by atoms with Crippen LogP contribution in [-0.2, 0) is 27.1 Å². The van der Waals surface area contributed by atoms with Crippen molar-refractivity contribution in [3.05, 3.63) is 46.9 Å². The van der Waals surface area contributed by atoms with Gasteiger partial charge in [0.15, 0.2) is 0 Å². The summed E-state index contributed by atoms with van der Waals surface area (Å²) in [5.41, 5.74) is 1.18. The van der Waals surface area contributed by atoms with E-state index in [0.717, 1.165) is 12.0 Å². The minimum absolute atomic E-state index is 0.0317. The number of aromatic nitrogens is 2. The maximum absolute atomic E-state index is 12.5. The molecule has 2 aromatic rings. The molecule has 3 rings (SSSR count). The van der Waals surface area contributed by atoms with Gasteiger partial charge < -0.3 is 14.4 Å². The fraction of sp³-hybridized carbons (Fsp3) is 0.474. The van der Waals surface area contributed by atoms with E-state index < -0.39 is 10.0 Å². The Labute approximate surface area is 176 Å². The van der Waals surface area contributed by atoms with Crippen LogP contribution < -0.4 is 14.4 Å². The first-order chi connectivity index (χ1) is 13.9. The SMILES string of the molecule is CCC1COCCN1c1cc(CS(=O)(=O)NCc2ccc(OC)cc2)nc(Cl)n1. The number of nitrogens with zero attached hydrogens (tertiary/aromatic N) is 3. The molecule has 1 saturated heterocycles. The Bertz CT molecular complexity index is 924. The van der Waals surface area contributed by atoms with Crippen LogP contribution in [-0.4, -0.2) is 51.3 Å². The van der Waals surface area contributed by atoms with E-state index in [4.69, 9.17) is 21.1 Å². The lowest BCUT2D eigenvalue weighted by molar-refractivity contribution is 0.0925. The second-order valence-electron chi connectivity index (χ2n) is 6.75. The lowest BCUT2D eigenvalue weighted by Crippen LogP contribution is -2.45. The van der Waals surface area contributed by atoms with Crippen molar-refractivity contribution >= 4 is 27.4 Å².